The predicted molar refractivity (Wildman–Crippen MR) is 98.8 cm³/mol. The second kappa shape index (κ2) is 13.4. The predicted octanol–water partition coefficient (Wildman–Crippen LogP) is 3.69. The second-order valence-electron chi connectivity index (χ2n) is 7.12. The van der Waals surface area contributed by atoms with Crippen molar-refractivity contribution in [2.24, 2.45) is 0 Å². The summed E-state index contributed by atoms with van der Waals surface area (Å²) in [5.41, 5.74) is -0.587. The molecule has 0 aromatic heterocycles. The molecule has 0 spiro atoms. The van der Waals surface area contributed by atoms with Crippen LogP contribution in [0.15, 0.2) is 0 Å². The molecule has 0 aliphatic carbocycles. The molecule has 0 radical (unpaired) electrons. The molecule has 0 aliphatic heterocycles. The smallest absolute Gasteiger partial charge is 0.410 e. The number of ether oxygens (including phenoxy) is 3. The largest absolute Gasteiger partial charge is 0.466 e. The first-order valence-electron chi connectivity index (χ1n) is 9.48. The van der Waals surface area contributed by atoms with Crippen LogP contribution in [0.1, 0.15) is 73.1 Å². The summed E-state index contributed by atoms with van der Waals surface area (Å²) in [6.45, 7) is 10.6. The van der Waals surface area contributed by atoms with Crippen molar-refractivity contribution in [1.29, 1.82) is 0 Å². The fourth-order valence-electron chi connectivity index (χ4n) is 2.06. The van der Waals surface area contributed by atoms with Gasteiger partial charge in [0.2, 0.25) is 0 Å². The lowest BCUT2D eigenvalue weighted by atomic mass is 10.2. The summed E-state index contributed by atoms with van der Waals surface area (Å²) in [4.78, 5) is 36.6. The van der Waals surface area contributed by atoms with Gasteiger partial charge in [0.25, 0.3) is 0 Å². The van der Waals surface area contributed by atoms with Gasteiger partial charge in [-0.05, 0) is 46.5 Å². The van der Waals surface area contributed by atoms with Crippen LogP contribution >= 0.6 is 0 Å². The van der Waals surface area contributed by atoms with Crippen LogP contribution in [0.4, 0.5) is 4.79 Å². The van der Waals surface area contributed by atoms with E-state index in [1.54, 1.807) is 4.90 Å². The van der Waals surface area contributed by atoms with Crippen molar-refractivity contribution < 1.29 is 28.6 Å². The quantitative estimate of drug-likeness (QED) is 0.295. The average molecular weight is 373 g/mol. The summed E-state index contributed by atoms with van der Waals surface area (Å²) in [6, 6.07) is 0. The molecule has 0 atom stereocenters. The maximum Gasteiger partial charge on any atom is 0.410 e. The van der Waals surface area contributed by atoms with Crippen molar-refractivity contribution in [3.05, 3.63) is 0 Å². The van der Waals surface area contributed by atoms with E-state index < -0.39 is 11.7 Å². The third-order valence-electron chi connectivity index (χ3n) is 3.23. The van der Waals surface area contributed by atoms with Gasteiger partial charge in [0.1, 0.15) is 5.60 Å². The second-order valence-corrected chi connectivity index (χ2v) is 7.12. The third-order valence-corrected chi connectivity index (χ3v) is 3.23. The van der Waals surface area contributed by atoms with Gasteiger partial charge in [0.15, 0.2) is 0 Å². The maximum atomic E-state index is 12.3. The van der Waals surface area contributed by atoms with Crippen molar-refractivity contribution in [1.82, 2.24) is 4.90 Å². The van der Waals surface area contributed by atoms with E-state index in [-0.39, 0.29) is 25.2 Å². The Balaban J connectivity index is 4.35. The Bertz CT molecular complexity index is 404. The fourth-order valence-corrected chi connectivity index (χ4v) is 2.06. The number of esters is 2. The molecule has 0 aliphatic rings. The highest BCUT2D eigenvalue weighted by Crippen LogP contribution is 2.11. The summed E-state index contributed by atoms with van der Waals surface area (Å²) in [5.74, 6) is -0.446. The van der Waals surface area contributed by atoms with Gasteiger partial charge in [-0.1, -0.05) is 13.8 Å². The molecule has 1 amide bonds. The molecule has 7 heteroatoms. The lowest BCUT2D eigenvalue weighted by Gasteiger charge is -2.27. The molecule has 0 saturated heterocycles. The van der Waals surface area contributed by atoms with E-state index >= 15 is 0 Å². The number of carbonyl (C=O) groups excluding carboxylic acids is 3. The summed E-state index contributed by atoms with van der Waals surface area (Å²) in [5, 5.41) is 0. The van der Waals surface area contributed by atoms with Crippen molar-refractivity contribution in [3.8, 4) is 0 Å². The molecule has 0 aromatic rings. The van der Waals surface area contributed by atoms with Crippen molar-refractivity contribution in [2.45, 2.75) is 78.7 Å². The first kappa shape index (κ1) is 24.2. The van der Waals surface area contributed by atoms with Gasteiger partial charge in [0.05, 0.1) is 13.2 Å². The number of rotatable bonds is 12. The van der Waals surface area contributed by atoms with E-state index in [0.29, 0.717) is 38.8 Å². The highest BCUT2D eigenvalue weighted by Gasteiger charge is 2.21. The number of hydrogen-bond donors (Lipinski definition) is 0. The zero-order valence-electron chi connectivity index (χ0n) is 17.0. The van der Waals surface area contributed by atoms with Crippen LogP contribution in [-0.2, 0) is 23.8 Å². The standard InChI is InChI=1S/C19H35NO6/c1-6-10-16(21)24-14-8-12-20(18(23)26-19(3,4)5)13-9-15-25-17(22)11-7-2/h6-15H2,1-5H3. The Morgan fingerprint density at radius 3 is 1.58 bits per heavy atom. The molecule has 0 fully saturated rings. The Kier molecular flexibility index (Phi) is 12.5. The van der Waals surface area contributed by atoms with Crippen molar-refractivity contribution >= 4 is 18.0 Å². The number of amides is 1. The Labute approximate surface area is 157 Å². The first-order chi connectivity index (χ1) is 12.2. The normalized spacial score (nSPS) is 11.0. The van der Waals surface area contributed by atoms with E-state index in [0.717, 1.165) is 12.8 Å². The summed E-state index contributed by atoms with van der Waals surface area (Å²) in [7, 11) is 0. The van der Waals surface area contributed by atoms with Crippen LogP contribution in [-0.4, -0.2) is 54.8 Å². The Morgan fingerprint density at radius 1 is 0.808 bits per heavy atom. The maximum absolute atomic E-state index is 12.3. The molecule has 0 heterocycles. The van der Waals surface area contributed by atoms with Gasteiger partial charge in [-0.15, -0.1) is 0 Å². The minimum atomic E-state index is -0.587. The molecular weight excluding hydrogens is 338 g/mol. The molecule has 0 rings (SSSR count). The van der Waals surface area contributed by atoms with Crippen LogP contribution in [0.5, 0.6) is 0 Å². The molecule has 0 aromatic carbocycles. The van der Waals surface area contributed by atoms with Crippen LogP contribution in [0.3, 0.4) is 0 Å². The van der Waals surface area contributed by atoms with Crippen LogP contribution < -0.4 is 0 Å². The van der Waals surface area contributed by atoms with E-state index in [1.165, 1.54) is 0 Å². The summed E-state index contributed by atoms with van der Waals surface area (Å²) < 4.78 is 15.6. The molecule has 26 heavy (non-hydrogen) atoms. The highest BCUT2D eigenvalue weighted by molar-refractivity contribution is 5.69. The lowest BCUT2D eigenvalue weighted by molar-refractivity contribution is -0.144. The molecule has 0 saturated carbocycles. The number of nitrogens with zero attached hydrogens (tertiary/aromatic N) is 1. The fraction of sp³-hybridized carbons (Fsp3) is 0.842. The lowest BCUT2D eigenvalue weighted by Crippen LogP contribution is -2.38. The van der Waals surface area contributed by atoms with Crippen molar-refractivity contribution in [3.63, 3.8) is 0 Å². The highest BCUT2D eigenvalue weighted by atomic mass is 16.6. The Hall–Kier alpha value is -1.79. The van der Waals surface area contributed by atoms with Gasteiger partial charge in [-0.2, -0.15) is 0 Å². The van der Waals surface area contributed by atoms with Gasteiger partial charge < -0.3 is 19.1 Å². The zero-order chi connectivity index (χ0) is 20.0. The van der Waals surface area contributed by atoms with E-state index in [4.69, 9.17) is 14.2 Å². The van der Waals surface area contributed by atoms with Crippen LogP contribution in [0.25, 0.3) is 0 Å². The van der Waals surface area contributed by atoms with Gasteiger partial charge in [-0.3, -0.25) is 9.59 Å². The minimum absolute atomic E-state index is 0.223. The van der Waals surface area contributed by atoms with Crippen molar-refractivity contribution in [2.75, 3.05) is 26.3 Å². The average Bonchev–Trinajstić information content (AvgIpc) is 2.52. The van der Waals surface area contributed by atoms with Gasteiger partial charge in [-0.25, -0.2) is 4.79 Å². The molecule has 0 bridgehead atoms. The first-order valence-corrected chi connectivity index (χ1v) is 9.48. The molecule has 7 nitrogen and oxygen atoms in total. The number of carbonyl (C=O) groups is 3. The van der Waals surface area contributed by atoms with E-state index in [1.807, 2.05) is 34.6 Å². The Morgan fingerprint density at radius 2 is 1.23 bits per heavy atom. The molecule has 0 N–H and O–H groups in total. The zero-order valence-corrected chi connectivity index (χ0v) is 17.0. The molecule has 0 unspecified atom stereocenters. The topological polar surface area (TPSA) is 82.1 Å². The molecule has 152 valence electrons. The monoisotopic (exact) mass is 373 g/mol. The van der Waals surface area contributed by atoms with Crippen LogP contribution in [0, 0.1) is 0 Å². The summed E-state index contributed by atoms with van der Waals surface area (Å²) >= 11 is 0. The third kappa shape index (κ3) is 13.5. The van der Waals surface area contributed by atoms with Crippen LogP contribution in [0.2, 0.25) is 0 Å². The summed E-state index contributed by atoms with van der Waals surface area (Å²) in [6.07, 6.45) is 2.95. The minimum Gasteiger partial charge on any atom is -0.466 e. The SMILES string of the molecule is CCCC(=O)OCCCN(CCCOC(=O)CCC)C(=O)OC(C)(C)C. The van der Waals surface area contributed by atoms with E-state index in [2.05, 4.69) is 0 Å². The van der Waals surface area contributed by atoms with Gasteiger partial charge >= 0.3 is 18.0 Å². The van der Waals surface area contributed by atoms with Gasteiger partial charge in [0, 0.05) is 25.9 Å². The molecular formula is C19H35NO6. The number of hydrogen-bond acceptors (Lipinski definition) is 6. The van der Waals surface area contributed by atoms with E-state index in [9.17, 15) is 14.4 Å².